The summed E-state index contributed by atoms with van der Waals surface area (Å²) >= 11 is 0. The van der Waals surface area contributed by atoms with E-state index < -0.39 is 0 Å². The van der Waals surface area contributed by atoms with Crippen LogP contribution >= 0.6 is 0 Å². The van der Waals surface area contributed by atoms with E-state index in [-0.39, 0.29) is 0 Å². The lowest BCUT2D eigenvalue weighted by molar-refractivity contribution is 0.0518. The Kier molecular flexibility index (Phi) is 4.54. The van der Waals surface area contributed by atoms with Crippen LogP contribution in [-0.2, 0) is 6.42 Å². The molecule has 3 rings (SSSR count). The van der Waals surface area contributed by atoms with Crippen molar-refractivity contribution in [1.82, 2.24) is 4.90 Å². The summed E-state index contributed by atoms with van der Waals surface area (Å²) < 4.78 is 0. The van der Waals surface area contributed by atoms with Crippen LogP contribution in [0.25, 0.3) is 0 Å². The molecule has 1 aliphatic carbocycles. The van der Waals surface area contributed by atoms with Crippen molar-refractivity contribution < 1.29 is 0 Å². The molecule has 0 radical (unpaired) electrons. The maximum absolute atomic E-state index is 3.94. The molecule has 2 atom stereocenters. The van der Waals surface area contributed by atoms with Gasteiger partial charge in [-0.1, -0.05) is 31.5 Å². The Morgan fingerprint density at radius 3 is 2.43 bits per heavy atom. The van der Waals surface area contributed by atoms with Crippen LogP contribution in [-0.4, -0.2) is 30.1 Å². The summed E-state index contributed by atoms with van der Waals surface area (Å²) in [6.45, 7) is 9.49. The van der Waals surface area contributed by atoms with Crippen molar-refractivity contribution in [3.8, 4) is 0 Å². The summed E-state index contributed by atoms with van der Waals surface area (Å²) in [6.07, 6.45) is 5.33. The summed E-state index contributed by atoms with van der Waals surface area (Å²) in [4.78, 5) is 2.69. The summed E-state index contributed by atoms with van der Waals surface area (Å²) in [5.74, 6) is 1.65. The number of likely N-dealkylation sites (tertiary alicyclic amines) is 1. The first-order chi connectivity index (χ1) is 10.2. The van der Waals surface area contributed by atoms with E-state index in [2.05, 4.69) is 55.3 Å². The lowest BCUT2D eigenvalue weighted by atomic mass is 9.73. The number of piperidine rings is 1. The highest BCUT2D eigenvalue weighted by molar-refractivity contribution is 5.52. The molecule has 116 valence electrons. The standard InChI is InChI=1S/C19H30N2/c1-4-15-8-5-6-11-18(15)20-19-16-9-7-10-17(19)13-21(12-16)14(2)3/h5-6,8,11,14,16-17,19-20H,4,7,9-10,12-13H2,1-3H3. The zero-order chi connectivity index (χ0) is 14.8. The third kappa shape index (κ3) is 3.11. The van der Waals surface area contributed by atoms with Crippen LogP contribution in [0.15, 0.2) is 24.3 Å². The van der Waals surface area contributed by atoms with Crippen LogP contribution in [0.1, 0.15) is 45.6 Å². The minimum atomic E-state index is 0.682. The lowest BCUT2D eigenvalue weighted by Crippen LogP contribution is -2.56. The van der Waals surface area contributed by atoms with Gasteiger partial charge in [-0.2, -0.15) is 0 Å². The van der Waals surface area contributed by atoms with Crippen LogP contribution in [0.5, 0.6) is 0 Å². The molecule has 0 aromatic heterocycles. The zero-order valence-corrected chi connectivity index (χ0v) is 13.8. The third-order valence-corrected chi connectivity index (χ3v) is 5.55. The second kappa shape index (κ2) is 6.39. The first kappa shape index (κ1) is 14.9. The molecule has 2 bridgehead atoms. The molecule has 1 aliphatic heterocycles. The lowest BCUT2D eigenvalue weighted by Gasteiger charge is -2.49. The van der Waals surface area contributed by atoms with E-state index in [9.17, 15) is 0 Å². The normalized spacial score (nSPS) is 29.6. The Balaban J connectivity index is 1.76. The van der Waals surface area contributed by atoms with Crippen LogP contribution in [0.4, 0.5) is 5.69 Å². The molecule has 1 heterocycles. The van der Waals surface area contributed by atoms with E-state index in [1.54, 1.807) is 0 Å². The third-order valence-electron chi connectivity index (χ3n) is 5.55. The van der Waals surface area contributed by atoms with Crippen molar-refractivity contribution in [3.63, 3.8) is 0 Å². The van der Waals surface area contributed by atoms with Crippen molar-refractivity contribution in [2.45, 2.75) is 58.5 Å². The molecule has 1 aromatic carbocycles. The van der Waals surface area contributed by atoms with E-state index in [0.717, 1.165) is 18.3 Å². The molecule has 1 saturated heterocycles. The van der Waals surface area contributed by atoms with E-state index >= 15 is 0 Å². The van der Waals surface area contributed by atoms with Crippen molar-refractivity contribution in [2.24, 2.45) is 11.8 Å². The number of hydrogen-bond acceptors (Lipinski definition) is 2. The van der Waals surface area contributed by atoms with Crippen LogP contribution < -0.4 is 5.32 Å². The summed E-state index contributed by atoms with van der Waals surface area (Å²) in [5.41, 5.74) is 2.83. The minimum absolute atomic E-state index is 0.682. The SMILES string of the molecule is CCc1ccccc1NC1C2CCCC1CN(C(C)C)C2. The summed E-state index contributed by atoms with van der Waals surface area (Å²) in [7, 11) is 0. The fourth-order valence-corrected chi connectivity index (χ4v) is 4.28. The topological polar surface area (TPSA) is 15.3 Å². The van der Waals surface area contributed by atoms with Gasteiger partial charge in [-0.25, -0.2) is 0 Å². The van der Waals surface area contributed by atoms with Gasteiger partial charge in [-0.3, -0.25) is 0 Å². The molecule has 1 N–H and O–H groups in total. The monoisotopic (exact) mass is 286 g/mol. The van der Waals surface area contributed by atoms with Gasteiger partial charge >= 0.3 is 0 Å². The number of nitrogens with zero attached hydrogens (tertiary/aromatic N) is 1. The summed E-state index contributed by atoms with van der Waals surface area (Å²) in [5, 5.41) is 3.94. The van der Waals surface area contributed by atoms with E-state index in [1.165, 1.54) is 43.6 Å². The molecule has 2 unspecified atom stereocenters. The van der Waals surface area contributed by atoms with Gasteiger partial charge in [0.15, 0.2) is 0 Å². The number of para-hydroxylation sites is 1. The van der Waals surface area contributed by atoms with E-state index in [4.69, 9.17) is 0 Å². The fourth-order valence-electron chi connectivity index (χ4n) is 4.28. The fraction of sp³-hybridized carbons (Fsp3) is 0.684. The van der Waals surface area contributed by atoms with Gasteiger partial charge in [-0.15, -0.1) is 0 Å². The maximum Gasteiger partial charge on any atom is 0.0374 e. The average molecular weight is 286 g/mol. The Morgan fingerprint density at radius 2 is 1.81 bits per heavy atom. The number of anilines is 1. The van der Waals surface area contributed by atoms with Gasteiger partial charge in [0, 0.05) is 30.9 Å². The molecule has 1 saturated carbocycles. The molecule has 21 heavy (non-hydrogen) atoms. The number of aryl methyl sites for hydroxylation is 1. The highest BCUT2D eigenvalue weighted by Crippen LogP contribution is 2.37. The van der Waals surface area contributed by atoms with E-state index in [1.807, 2.05) is 0 Å². The highest BCUT2D eigenvalue weighted by atomic mass is 15.2. The highest BCUT2D eigenvalue weighted by Gasteiger charge is 2.40. The van der Waals surface area contributed by atoms with Crippen LogP contribution in [0.2, 0.25) is 0 Å². The van der Waals surface area contributed by atoms with Crippen molar-refractivity contribution >= 4 is 5.69 Å². The van der Waals surface area contributed by atoms with Crippen molar-refractivity contribution in [2.75, 3.05) is 18.4 Å². The Labute approximate surface area is 129 Å². The summed E-state index contributed by atoms with van der Waals surface area (Å²) in [6, 6.07) is 10.2. The van der Waals surface area contributed by atoms with Crippen LogP contribution in [0.3, 0.4) is 0 Å². The molecule has 0 spiro atoms. The predicted molar refractivity (Wildman–Crippen MR) is 90.8 cm³/mol. The predicted octanol–water partition coefficient (Wildman–Crippen LogP) is 4.17. The first-order valence-corrected chi connectivity index (χ1v) is 8.77. The van der Waals surface area contributed by atoms with Crippen molar-refractivity contribution in [1.29, 1.82) is 0 Å². The minimum Gasteiger partial charge on any atom is -0.381 e. The molecule has 2 aliphatic rings. The Hall–Kier alpha value is -1.02. The maximum atomic E-state index is 3.94. The van der Waals surface area contributed by atoms with Gasteiger partial charge in [0.2, 0.25) is 0 Å². The van der Waals surface area contributed by atoms with Gasteiger partial charge in [0.1, 0.15) is 0 Å². The van der Waals surface area contributed by atoms with E-state index in [0.29, 0.717) is 12.1 Å². The first-order valence-electron chi connectivity index (χ1n) is 8.77. The van der Waals surface area contributed by atoms with Gasteiger partial charge in [0.05, 0.1) is 0 Å². The Morgan fingerprint density at radius 1 is 1.14 bits per heavy atom. The molecule has 2 heteroatoms. The number of hydrogen-bond donors (Lipinski definition) is 1. The quantitative estimate of drug-likeness (QED) is 0.893. The molecule has 0 amide bonds. The molecular weight excluding hydrogens is 256 g/mol. The van der Waals surface area contributed by atoms with Crippen LogP contribution in [0, 0.1) is 11.8 Å². The van der Waals surface area contributed by atoms with Gasteiger partial charge in [-0.05, 0) is 56.6 Å². The zero-order valence-electron chi connectivity index (χ0n) is 13.8. The molecule has 1 aromatic rings. The van der Waals surface area contributed by atoms with Crippen molar-refractivity contribution in [3.05, 3.63) is 29.8 Å². The second-order valence-corrected chi connectivity index (χ2v) is 7.18. The smallest absolute Gasteiger partial charge is 0.0374 e. The average Bonchev–Trinajstić information content (AvgIpc) is 2.47. The Bertz CT molecular complexity index is 454. The molecule has 2 fully saturated rings. The largest absolute Gasteiger partial charge is 0.381 e. The molecule has 2 nitrogen and oxygen atoms in total. The number of rotatable bonds is 4. The second-order valence-electron chi connectivity index (χ2n) is 7.18. The number of fused-ring (bicyclic) bond motifs is 2. The number of nitrogens with one attached hydrogen (secondary N) is 1. The van der Waals surface area contributed by atoms with Gasteiger partial charge < -0.3 is 10.2 Å². The van der Waals surface area contributed by atoms with Gasteiger partial charge in [0.25, 0.3) is 0 Å². The number of benzene rings is 1. The molecular formula is C19H30N2.